The highest BCUT2D eigenvalue weighted by atomic mass is 16.4. The molecule has 1 aromatic rings. The van der Waals surface area contributed by atoms with Crippen molar-refractivity contribution in [2.45, 2.75) is 26.5 Å². The molecule has 5 nitrogen and oxygen atoms in total. The predicted octanol–water partition coefficient (Wildman–Crippen LogP) is 0.236. The van der Waals surface area contributed by atoms with Crippen LogP contribution in [-0.4, -0.2) is 26.9 Å². The van der Waals surface area contributed by atoms with Crippen molar-refractivity contribution in [2.24, 2.45) is 0 Å². The number of nitrogens with zero attached hydrogens (tertiary/aromatic N) is 1. The summed E-state index contributed by atoms with van der Waals surface area (Å²) in [4.78, 5) is 22.0. The molecule has 82 valence electrons. The highest BCUT2D eigenvalue weighted by Crippen LogP contribution is 2.01. The SMILES string of the molecule is Cc1cc(=O)c(C(=O)O)cn1CC(C)O. The molecule has 0 fully saturated rings. The van der Waals surface area contributed by atoms with Gasteiger partial charge >= 0.3 is 5.97 Å². The van der Waals surface area contributed by atoms with Gasteiger partial charge in [-0.1, -0.05) is 0 Å². The lowest BCUT2D eigenvalue weighted by Crippen LogP contribution is -2.21. The zero-order valence-electron chi connectivity index (χ0n) is 8.60. The van der Waals surface area contributed by atoms with Gasteiger partial charge in [0.2, 0.25) is 0 Å². The summed E-state index contributed by atoms with van der Waals surface area (Å²) in [6.45, 7) is 3.56. The highest BCUT2D eigenvalue weighted by Gasteiger charge is 2.11. The summed E-state index contributed by atoms with van der Waals surface area (Å²) in [6, 6.07) is 1.26. The molecule has 0 bridgehead atoms. The van der Waals surface area contributed by atoms with Crippen LogP contribution in [0.15, 0.2) is 17.1 Å². The zero-order chi connectivity index (χ0) is 11.6. The third-order valence-electron chi connectivity index (χ3n) is 2.03. The Bertz CT molecular complexity index is 434. The van der Waals surface area contributed by atoms with E-state index in [0.717, 1.165) is 0 Å². The number of hydrogen-bond acceptors (Lipinski definition) is 3. The number of rotatable bonds is 3. The van der Waals surface area contributed by atoms with Crippen LogP contribution in [0.2, 0.25) is 0 Å². The first-order valence-electron chi connectivity index (χ1n) is 4.54. The number of aryl methyl sites for hydroxylation is 1. The third-order valence-corrected chi connectivity index (χ3v) is 2.03. The summed E-state index contributed by atoms with van der Waals surface area (Å²) in [7, 11) is 0. The van der Waals surface area contributed by atoms with Crippen LogP contribution in [0.4, 0.5) is 0 Å². The largest absolute Gasteiger partial charge is 0.477 e. The van der Waals surface area contributed by atoms with Crippen molar-refractivity contribution in [2.75, 3.05) is 0 Å². The molecule has 15 heavy (non-hydrogen) atoms. The molecule has 2 N–H and O–H groups in total. The van der Waals surface area contributed by atoms with Gasteiger partial charge in [0.25, 0.3) is 0 Å². The number of carboxylic acids is 1. The number of pyridine rings is 1. The molecule has 0 saturated heterocycles. The molecule has 1 unspecified atom stereocenters. The van der Waals surface area contributed by atoms with Gasteiger partial charge in [0.05, 0.1) is 6.10 Å². The van der Waals surface area contributed by atoms with E-state index in [1.54, 1.807) is 18.4 Å². The fourth-order valence-corrected chi connectivity index (χ4v) is 1.31. The summed E-state index contributed by atoms with van der Waals surface area (Å²) < 4.78 is 1.55. The van der Waals surface area contributed by atoms with Crippen LogP contribution in [0.5, 0.6) is 0 Å². The van der Waals surface area contributed by atoms with Crippen LogP contribution < -0.4 is 5.43 Å². The molecule has 0 radical (unpaired) electrons. The summed E-state index contributed by atoms with van der Waals surface area (Å²) in [6.07, 6.45) is 0.667. The van der Waals surface area contributed by atoms with Gasteiger partial charge in [0.1, 0.15) is 5.56 Å². The smallest absolute Gasteiger partial charge is 0.341 e. The van der Waals surface area contributed by atoms with E-state index in [2.05, 4.69) is 0 Å². The van der Waals surface area contributed by atoms with Crippen LogP contribution in [0.25, 0.3) is 0 Å². The lowest BCUT2D eigenvalue weighted by Gasteiger charge is -2.12. The maximum Gasteiger partial charge on any atom is 0.341 e. The van der Waals surface area contributed by atoms with Gasteiger partial charge in [-0.05, 0) is 13.8 Å². The fraction of sp³-hybridized carbons (Fsp3) is 0.400. The van der Waals surface area contributed by atoms with Gasteiger partial charge in [-0.2, -0.15) is 0 Å². The Balaban J connectivity index is 3.23. The van der Waals surface area contributed by atoms with Crippen molar-refractivity contribution in [3.05, 3.63) is 33.7 Å². The Labute approximate surface area is 86.6 Å². The lowest BCUT2D eigenvalue weighted by molar-refractivity contribution is 0.0693. The molecule has 5 heteroatoms. The number of aromatic carboxylic acids is 1. The second kappa shape index (κ2) is 4.27. The molecule has 1 heterocycles. The van der Waals surface area contributed by atoms with E-state index >= 15 is 0 Å². The van der Waals surface area contributed by atoms with Gasteiger partial charge in [0, 0.05) is 24.5 Å². The van der Waals surface area contributed by atoms with Crippen LogP contribution in [0, 0.1) is 6.92 Å². The van der Waals surface area contributed by atoms with Gasteiger partial charge in [0.15, 0.2) is 5.43 Å². The topological polar surface area (TPSA) is 79.5 Å². The maximum absolute atomic E-state index is 11.3. The second-order valence-electron chi connectivity index (χ2n) is 3.50. The molecule has 0 amide bonds. The number of aromatic nitrogens is 1. The van der Waals surface area contributed by atoms with E-state index < -0.39 is 17.5 Å². The number of carbonyl (C=O) groups is 1. The number of aliphatic hydroxyl groups is 1. The summed E-state index contributed by atoms with van der Waals surface area (Å²) >= 11 is 0. The summed E-state index contributed by atoms with van der Waals surface area (Å²) in [5, 5.41) is 17.9. The molecule has 0 aliphatic rings. The molecule has 0 aliphatic carbocycles. The Morgan fingerprint density at radius 3 is 2.67 bits per heavy atom. The van der Waals surface area contributed by atoms with E-state index in [1.165, 1.54) is 12.3 Å². The standard InChI is InChI=1S/C10H13NO4/c1-6-3-9(13)8(10(14)15)5-11(6)4-7(2)12/h3,5,7,12H,4H2,1-2H3,(H,14,15). The molecule has 0 aromatic carbocycles. The first-order chi connectivity index (χ1) is 6.91. The van der Waals surface area contributed by atoms with Gasteiger partial charge < -0.3 is 14.8 Å². The van der Waals surface area contributed by atoms with Crippen molar-refractivity contribution in [3.63, 3.8) is 0 Å². The van der Waals surface area contributed by atoms with Crippen LogP contribution in [-0.2, 0) is 6.54 Å². The molecule has 0 saturated carbocycles. The van der Waals surface area contributed by atoms with Gasteiger partial charge in [-0.25, -0.2) is 4.79 Å². The summed E-state index contributed by atoms with van der Waals surface area (Å²) in [5.74, 6) is -1.25. The maximum atomic E-state index is 11.3. The quantitative estimate of drug-likeness (QED) is 0.750. The van der Waals surface area contributed by atoms with Crippen molar-refractivity contribution in [3.8, 4) is 0 Å². The van der Waals surface area contributed by atoms with Gasteiger partial charge in [-0.15, -0.1) is 0 Å². The minimum atomic E-state index is -1.25. The molecular weight excluding hydrogens is 198 g/mol. The van der Waals surface area contributed by atoms with Crippen molar-refractivity contribution in [1.29, 1.82) is 0 Å². The molecule has 0 spiro atoms. The zero-order valence-corrected chi connectivity index (χ0v) is 8.60. The average molecular weight is 211 g/mol. The van der Waals surface area contributed by atoms with Crippen molar-refractivity contribution in [1.82, 2.24) is 4.57 Å². The lowest BCUT2D eigenvalue weighted by atomic mass is 10.2. The van der Waals surface area contributed by atoms with Crippen LogP contribution in [0.3, 0.4) is 0 Å². The first-order valence-corrected chi connectivity index (χ1v) is 4.54. The highest BCUT2D eigenvalue weighted by molar-refractivity contribution is 5.87. The average Bonchev–Trinajstić information content (AvgIpc) is 2.08. The number of hydrogen-bond donors (Lipinski definition) is 2. The normalized spacial score (nSPS) is 12.5. The monoisotopic (exact) mass is 211 g/mol. The van der Waals surface area contributed by atoms with Crippen molar-refractivity contribution < 1.29 is 15.0 Å². The van der Waals surface area contributed by atoms with E-state index in [9.17, 15) is 14.7 Å². The molecule has 0 aliphatic heterocycles. The summed E-state index contributed by atoms with van der Waals surface area (Å²) in [5.41, 5.74) is -0.158. The Kier molecular flexibility index (Phi) is 3.26. The molecule has 1 atom stereocenters. The third kappa shape index (κ3) is 2.66. The van der Waals surface area contributed by atoms with E-state index in [4.69, 9.17) is 5.11 Å². The molecule has 1 rings (SSSR count). The van der Waals surface area contributed by atoms with Gasteiger partial charge in [-0.3, -0.25) is 4.79 Å². The van der Waals surface area contributed by atoms with E-state index in [-0.39, 0.29) is 12.1 Å². The Hall–Kier alpha value is -1.62. The van der Waals surface area contributed by atoms with Crippen LogP contribution in [0.1, 0.15) is 23.0 Å². The molecule has 1 aromatic heterocycles. The van der Waals surface area contributed by atoms with Crippen LogP contribution >= 0.6 is 0 Å². The van der Waals surface area contributed by atoms with E-state index in [1.807, 2.05) is 0 Å². The van der Waals surface area contributed by atoms with E-state index in [0.29, 0.717) is 5.69 Å². The van der Waals surface area contributed by atoms with Crippen molar-refractivity contribution >= 4 is 5.97 Å². The number of carboxylic acid groups (broad SMARTS) is 1. The number of aliphatic hydroxyl groups excluding tert-OH is 1. The minimum absolute atomic E-state index is 0.270. The second-order valence-corrected chi connectivity index (χ2v) is 3.50. The fourth-order valence-electron chi connectivity index (χ4n) is 1.31. The molecular formula is C10H13NO4. The minimum Gasteiger partial charge on any atom is -0.477 e. The Morgan fingerprint density at radius 1 is 1.60 bits per heavy atom. The first kappa shape index (κ1) is 11.5. The predicted molar refractivity (Wildman–Crippen MR) is 54.1 cm³/mol. The Morgan fingerprint density at radius 2 is 2.20 bits per heavy atom.